The molecule has 1 rings (SSSR count). The van der Waals surface area contributed by atoms with Gasteiger partial charge >= 0.3 is 0 Å². The van der Waals surface area contributed by atoms with E-state index in [4.69, 9.17) is 0 Å². The molecule has 0 saturated carbocycles. The Kier molecular flexibility index (Phi) is 7.40. The molecule has 0 aromatic carbocycles. The van der Waals surface area contributed by atoms with Gasteiger partial charge in [-0.05, 0) is 6.42 Å². The third kappa shape index (κ3) is 4.56. The summed E-state index contributed by atoms with van der Waals surface area (Å²) >= 11 is 0. The molecule has 0 N–H and O–H groups in total. The lowest BCUT2D eigenvalue weighted by atomic mass is 10.2. The number of nitrogens with zero attached hydrogens (tertiary/aromatic N) is 2. The Hall–Kier alpha value is -0.630. The van der Waals surface area contributed by atoms with E-state index in [1.807, 2.05) is 6.08 Å². The van der Waals surface area contributed by atoms with Crippen LogP contribution < -0.4 is 0 Å². The highest BCUT2D eigenvalue weighted by Gasteiger charge is 2.09. The number of unbranched alkanes of at least 4 members (excludes halogenated alkanes) is 2. The zero-order chi connectivity index (χ0) is 9.52. The standard InChI is InChI=1S/C11H20N2.ClH/c1-3-5-6-8-13-10-9-12(11-13)7-4-2;/h4,9-10H,2-3,5-8,11H2,1H3;1H. The van der Waals surface area contributed by atoms with Gasteiger partial charge in [-0.15, -0.1) is 19.0 Å². The van der Waals surface area contributed by atoms with E-state index >= 15 is 0 Å². The number of hydrogen-bond acceptors (Lipinski definition) is 2. The first-order valence-corrected chi connectivity index (χ1v) is 5.14. The SMILES string of the molecule is C=CCN1C=CN(CCCCC)C1.Cl. The average molecular weight is 217 g/mol. The highest BCUT2D eigenvalue weighted by atomic mass is 35.5. The Morgan fingerprint density at radius 3 is 2.64 bits per heavy atom. The second-order valence-corrected chi connectivity index (χ2v) is 3.52. The van der Waals surface area contributed by atoms with Crippen molar-refractivity contribution < 1.29 is 0 Å². The quantitative estimate of drug-likeness (QED) is 0.498. The molecule has 1 heterocycles. The summed E-state index contributed by atoms with van der Waals surface area (Å²) in [5, 5.41) is 0. The second kappa shape index (κ2) is 7.74. The Morgan fingerprint density at radius 1 is 1.29 bits per heavy atom. The van der Waals surface area contributed by atoms with Gasteiger partial charge in [-0.2, -0.15) is 0 Å². The van der Waals surface area contributed by atoms with Gasteiger partial charge in [0, 0.05) is 25.5 Å². The topological polar surface area (TPSA) is 6.48 Å². The number of halogens is 1. The van der Waals surface area contributed by atoms with E-state index in [9.17, 15) is 0 Å². The van der Waals surface area contributed by atoms with Gasteiger partial charge in [0.15, 0.2) is 0 Å². The first kappa shape index (κ1) is 13.4. The number of hydrogen-bond donors (Lipinski definition) is 0. The molecule has 0 bridgehead atoms. The normalized spacial score (nSPS) is 14.4. The summed E-state index contributed by atoms with van der Waals surface area (Å²) in [4.78, 5) is 4.62. The van der Waals surface area contributed by atoms with Crippen LogP contribution >= 0.6 is 12.4 Å². The first-order chi connectivity index (χ1) is 6.36. The third-order valence-electron chi connectivity index (χ3n) is 2.26. The van der Waals surface area contributed by atoms with Gasteiger partial charge < -0.3 is 9.80 Å². The van der Waals surface area contributed by atoms with E-state index in [-0.39, 0.29) is 12.4 Å². The minimum Gasteiger partial charge on any atom is -0.359 e. The molecule has 0 aliphatic carbocycles. The molecule has 0 spiro atoms. The van der Waals surface area contributed by atoms with Crippen molar-refractivity contribution in [1.82, 2.24) is 9.80 Å². The van der Waals surface area contributed by atoms with Crippen molar-refractivity contribution in [3.05, 3.63) is 25.1 Å². The van der Waals surface area contributed by atoms with Crippen molar-refractivity contribution in [1.29, 1.82) is 0 Å². The minimum absolute atomic E-state index is 0. The molecule has 0 aromatic rings. The third-order valence-corrected chi connectivity index (χ3v) is 2.26. The molecule has 0 saturated heterocycles. The smallest absolute Gasteiger partial charge is 0.0896 e. The zero-order valence-corrected chi connectivity index (χ0v) is 9.80. The lowest BCUT2D eigenvalue weighted by Crippen LogP contribution is -2.26. The zero-order valence-electron chi connectivity index (χ0n) is 8.98. The van der Waals surface area contributed by atoms with Crippen LogP contribution in [0.25, 0.3) is 0 Å². The second-order valence-electron chi connectivity index (χ2n) is 3.52. The van der Waals surface area contributed by atoms with Crippen LogP contribution in [0.5, 0.6) is 0 Å². The molecule has 3 heteroatoms. The molecular weight excluding hydrogens is 196 g/mol. The van der Waals surface area contributed by atoms with E-state index in [1.165, 1.54) is 25.8 Å². The fourth-order valence-electron chi connectivity index (χ4n) is 1.51. The molecule has 1 aliphatic rings. The summed E-state index contributed by atoms with van der Waals surface area (Å²) in [6.07, 6.45) is 10.2. The summed E-state index contributed by atoms with van der Waals surface area (Å²) in [6, 6.07) is 0. The van der Waals surface area contributed by atoms with Crippen molar-refractivity contribution in [3.63, 3.8) is 0 Å². The van der Waals surface area contributed by atoms with Gasteiger partial charge in [0.1, 0.15) is 0 Å². The van der Waals surface area contributed by atoms with Crippen LogP contribution in [0.2, 0.25) is 0 Å². The van der Waals surface area contributed by atoms with Gasteiger partial charge in [-0.3, -0.25) is 0 Å². The lowest BCUT2D eigenvalue weighted by Gasteiger charge is -2.19. The largest absolute Gasteiger partial charge is 0.359 e. The predicted octanol–water partition coefficient (Wildman–Crippen LogP) is 2.83. The molecule has 82 valence electrons. The molecule has 1 aliphatic heterocycles. The van der Waals surface area contributed by atoms with Gasteiger partial charge in [-0.25, -0.2) is 0 Å². The molecule has 0 aromatic heterocycles. The van der Waals surface area contributed by atoms with Crippen LogP contribution in [0.1, 0.15) is 26.2 Å². The monoisotopic (exact) mass is 216 g/mol. The van der Waals surface area contributed by atoms with Gasteiger partial charge in [0.25, 0.3) is 0 Å². The Morgan fingerprint density at radius 2 is 2.00 bits per heavy atom. The van der Waals surface area contributed by atoms with E-state index in [1.54, 1.807) is 0 Å². The van der Waals surface area contributed by atoms with Crippen molar-refractivity contribution in [3.8, 4) is 0 Å². The predicted molar refractivity (Wildman–Crippen MR) is 64.4 cm³/mol. The fraction of sp³-hybridized carbons (Fsp3) is 0.636. The summed E-state index contributed by atoms with van der Waals surface area (Å²) < 4.78 is 0. The van der Waals surface area contributed by atoms with Crippen molar-refractivity contribution in [2.75, 3.05) is 19.8 Å². The molecule has 0 amide bonds. The highest BCUT2D eigenvalue weighted by Crippen LogP contribution is 2.07. The van der Waals surface area contributed by atoms with E-state index in [2.05, 4.69) is 35.7 Å². The average Bonchev–Trinajstić information content (AvgIpc) is 2.54. The molecule has 2 nitrogen and oxygen atoms in total. The molecular formula is C11H21ClN2. The van der Waals surface area contributed by atoms with Crippen LogP contribution in [0.15, 0.2) is 25.1 Å². The summed E-state index contributed by atoms with van der Waals surface area (Å²) in [5.41, 5.74) is 0. The van der Waals surface area contributed by atoms with Crippen LogP contribution in [-0.4, -0.2) is 29.6 Å². The van der Waals surface area contributed by atoms with Crippen LogP contribution in [0, 0.1) is 0 Å². The van der Waals surface area contributed by atoms with Crippen molar-refractivity contribution in [2.45, 2.75) is 26.2 Å². The first-order valence-electron chi connectivity index (χ1n) is 5.14. The maximum absolute atomic E-state index is 3.73. The minimum atomic E-state index is 0. The molecule has 14 heavy (non-hydrogen) atoms. The summed E-state index contributed by atoms with van der Waals surface area (Å²) in [5.74, 6) is 0. The molecule has 0 atom stereocenters. The summed E-state index contributed by atoms with van der Waals surface area (Å²) in [7, 11) is 0. The molecule has 0 radical (unpaired) electrons. The van der Waals surface area contributed by atoms with E-state index < -0.39 is 0 Å². The maximum atomic E-state index is 3.73. The fourth-order valence-corrected chi connectivity index (χ4v) is 1.51. The van der Waals surface area contributed by atoms with Crippen LogP contribution in [-0.2, 0) is 0 Å². The highest BCUT2D eigenvalue weighted by molar-refractivity contribution is 5.85. The summed E-state index contributed by atoms with van der Waals surface area (Å²) in [6.45, 7) is 9.16. The lowest BCUT2D eigenvalue weighted by molar-refractivity contribution is 0.277. The van der Waals surface area contributed by atoms with Crippen LogP contribution in [0.3, 0.4) is 0 Å². The van der Waals surface area contributed by atoms with Gasteiger partial charge in [0.2, 0.25) is 0 Å². The maximum Gasteiger partial charge on any atom is 0.0896 e. The van der Waals surface area contributed by atoms with Crippen LogP contribution in [0.4, 0.5) is 0 Å². The molecule has 0 fully saturated rings. The van der Waals surface area contributed by atoms with Crippen molar-refractivity contribution in [2.24, 2.45) is 0 Å². The molecule has 0 unspecified atom stereocenters. The van der Waals surface area contributed by atoms with Gasteiger partial charge in [0.05, 0.1) is 6.67 Å². The Balaban J connectivity index is 0.00000169. The Labute approximate surface area is 93.7 Å². The van der Waals surface area contributed by atoms with Crippen molar-refractivity contribution >= 4 is 12.4 Å². The number of rotatable bonds is 6. The van der Waals surface area contributed by atoms with Gasteiger partial charge in [-0.1, -0.05) is 25.8 Å². The Bertz CT molecular complexity index is 180. The van der Waals surface area contributed by atoms with E-state index in [0.717, 1.165) is 13.2 Å². The van der Waals surface area contributed by atoms with E-state index in [0.29, 0.717) is 0 Å².